The number of hydrogen-bond donors (Lipinski definition) is 1. The van der Waals surface area contributed by atoms with Crippen LogP contribution in [0.4, 0.5) is 0 Å². The van der Waals surface area contributed by atoms with Gasteiger partial charge in [-0.25, -0.2) is 4.79 Å². The molecule has 26 heavy (non-hydrogen) atoms. The first-order chi connectivity index (χ1) is 12.4. The Morgan fingerprint density at radius 1 is 1.15 bits per heavy atom. The van der Waals surface area contributed by atoms with Gasteiger partial charge in [0.05, 0.1) is 7.11 Å². The van der Waals surface area contributed by atoms with Gasteiger partial charge in [-0.15, -0.1) is 0 Å². The van der Waals surface area contributed by atoms with Gasteiger partial charge in [-0.3, -0.25) is 4.90 Å². The highest BCUT2D eigenvalue weighted by atomic mass is 79.9. The summed E-state index contributed by atoms with van der Waals surface area (Å²) in [6.45, 7) is 2.95. The fourth-order valence-corrected chi connectivity index (χ4v) is 3.46. The lowest BCUT2D eigenvalue weighted by atomic mass is 10.1. The molecule has 0 saturated carbocycles. The van der Waals surface area contributed by atoms with E-state index < -0.39 is 5.63 Å². The lowest BCUT2D eigenvalue weighted by molar-refractivity contribution is 0.310. The Labute approximate surface area is 159 Å². The molecule has 136 valence electrons. The van der Waals surface area contributed by atoms with E-state index in [1.165, 1.54) is 6.07 Å². The van der Waals surface area contributed by atoms with Gasteiger partial charge in [0.25, 0.3) is 0 Å². The van der Waals surface area contributed by atoms with Crippen LogP contribution in [0.15, 0.2) is 50.1 Å². The third-order valence-electron chi connectivity index (χ3n) is 4.34. The molecular weight excluding hydrogens is 398 g/mol. The van der Waals surface area contributed by atoms with Gasteiger partial charge in [-0.05, 0) is 49.9 Å². The summed E-state index contributed by atoms with van der Waals surface area (Å²) in [5.41, 5.74) is 2.48. The topological polar surface area (TPSA) is 62.9 Å². The Bertz CT molecular complexity index is 1010. The van der Waals surface area contributed by atoms with Crippen molar-refractivity contribution >= 4 is 26.9 Å². The predicted octanol–water partition coefficient (Wildman–Crippen LogP) is 4.21. The molecule has 6 heteroatoms. The number of aromatic hydroxyl groups is 1. The minimum absolute atomic E-state index is 0.116. The number of fused-ring (bicyclic) bond motifs is 1. The van der Waals surface area contributed by atoms with Gasteiger partial charge in [0, 0.05) is 40.1 Å². The normalized spacial score (nSPS) is 11.3. The van der Waals surface area contributed by atoms with Crippen molar-refractivity contribution in [1.82, 2.24) is 4.90 Å². The molecule has 2 aromatic carbocycles. The van der Waals surface area contributed by atoms with Gasteiger partial charge >= 0.3 is 5.63 Å². The second-order valence-electron chi connectivity index (χ2n) is 6.31. The summed E-state index contributed by atoms with van der Waals surface area (Å²) < 4.78 is 11.7. The molecule has 0 spiro atoms. The van der Waals surface area contributed by atoms with Crippen molar-refractivity contribution in [2.24, 2.45) is 0 Å². The summed E-state index contributed by atoms with van der Waals surface area (Å²) in [5, 5.41) is 10.7. The van der Waals surface area contributed by atoms with Crippen molar-refractivity contribution in [2.45, 2.75) is 20.0 Å². The lowest BCUT2D eigenvalue weighted by Crippen LogP contribution is -2.19. The molecule has 0 fully saturated rings. The molecule has 0 aliphatic heterocycles. The second kappa shape index (κ2) is 7.51. The number of aryl methyl sites for hydroxylation is 1. The molecule has 5 nitrogen and oxygen atoms in total. The van der Waals surface area contributed by atoms with Crippen LogP contribution in [0, 0.1) is 6.92 Å². The number of halogens is 1. The quantitative estimate of drug-likeness (QED) is 0.629. The number of ether oxygens (including phenoxy) is 1. The van der Waals surface area contributed by atoms with Crippen LogP contribution in [0.1, 0.15) is 16.7 Å². The summed E-state index contributed by atoms with van der Waals surface area (Å²) in [6.07, 6.45) is 0. The summed E-state index contributed by atoms with van der Waals surface area (Å²) in [7, 11) is 3.63. The van der Waals surface area contributed by atoms with Crippen LogP contribution in [0.2, 0.25) is 0 Å². The average molecular weight is 418 g/mol. The fraction of sp³-hybridized carbons (Fsp3) is 0.250. The highest BCUT2D eigenvalue weighted by Crippen LogP contribution is 2.29. The largest absolute Gasteiger partial charge is 0.508 e. The molecule has 0 aliphatic carbocycles. The lowest BCUT2D eigenvalue weighted by Gasteiger charge is -2.19. The van der Waals surface area contributed by atoms with E-state index in [4.69, 9.17) is 9.15 Å². The monoisotopic (exact) mass is 417 g/mol. The first kappa shape index (κ1) is 18.5. The van der Waals surface area contributed by atoms with Gasteiger partial charge in [-0.1, -0.05) is 15.9 Å². The van der Waals surface area contributed by atoms with Crippen molar-refractivity contribution in [3.8, 4) is 11.5 Å². The molecule has 1 aromatic heterocycles. The molecule has 0 aliphatic rings. The Kier molecular flexibility index (Phi) is 5.34. The van der Waals surface area contributed by atoms with Crippen molar-refractivity contribution < 1.29 is 14.3 Å². The van der Waals surface area contributed by atoms with E-state index in [1.807, 2.05) is 25.2 Å². The molecule has 3 aromatic rings. The third kappa shape index (κ3) is 3.76. The molecule has 0 unspecified atom stereocenters. The molecule has 0 saturated heterocycles. The fourth-order valence-electron chi connectivity index (χ4n) is 3.05. The van der Waals surface area contributed by atoms with Crippen LogP contribution in [0.25, 0.3) is 11.0 Å². The van der Waals surface area contributed by atoms with E-state index in [0.717, 1.165) is 26.7 Å². The van der Waals surface area contributed by atoms with Crippen molar-refractivity contribution in [1.29, 1.82) is 0 Å². The standard InChI is InChI=1S/C20H20BrNO4/c1-12-17(23)6-5-16-13(9-19(24)26-20(12)16)10-22(2)11-14-8-15(21)4-7-18(14)25-3/h4-9,23H,10-11H2,1-3H3. The summed E-state index contributed by atoms with van der Waals surface area (Å²) >= 11 is 3.49. The number of hydrogen-bond acceptors (Lipinski definition) is 5. The number of phenolic OH excluding ortho intramolecular Hbond substituents is 1. The number of nitrogens with zero attached hydrogens (tertiary/aromatic N) is 1. The smallest absolute Gasteiger partial charge is 0.336 e. The summed E-state index contributed by atoms with van der Waals surface area (Å²) in [6, 6.07) is 10.8. The van der Waals surface area contributed by atoms with Crippen molar-refractivity contribution in [3.05, 3.63) is 68.0 Å². The Balaban J connectivity index is 1.93. The zero-order chi connectivity index (χ0) is 18.8. The molecule has 1 N–H and O–H groups in total. The summed E-state index contributed by atoms with van der Waals surface area (Å²) in [5.74, 6) is 0.934. The van der Waals surface area contributed by atoms with Crippen LogP contribution in [0.3, 0.4) is 0 Å². The van der Waals surface area contributed by atoms with Crippen LogP contribution in [-0.4, -0.2) is 24.2 Å². The minimum Gasteiger partial charge on any atom is -0.508 e. The van der Waals surface area contributed by atoms with E-state index in [0.29, 0.717) is 24.2 Å². The van der Waals surface area contributed by atoms with Crippen molar-refractivity contribution in [2.75, 3.05) is 14.2 Å². The third-order valence-corrected chi connectivity index (χ3v) is 4.83. The minimum atomic E-state index is -0.422. The van der Waals surface area contributed by atoms with Crippen LogP contribution >= 0.6 is 15.9 Å². The summed E-state index contributed by atoms with van der Waals surface area (Å²) in [4.78, 5) is 14.1. The Hall–Kier alpha value is -2.31. The first-order valence-corrected chi connectivity index (χ1v) is 8.94. The maximum atomic E-state index is 12.0. The second-order valence-corrected chi connectivity index (χ2v) is 7.22. The Morgan fingerprint density at radius 2 is 1.88 bits per heavy atom. The predicted molar refractivity (Wildman–Crippen MR) is 105 cm³/mol. The zero-order valence-electron chi connectivity index (χ0n) is 14.9. The number of methoxy groups -OCH3 is 1. The number of benzene rings is 2. The molecular formula is C20H20BrNO4. The van der Waals surface area contributed by atoms with Gasteiger partial charge in [-0.2, -0.15) is 0 Å². The maximum Gasteiger partial charge on any atom is 0.336 e. The van der Waals surface area contributed by atoms with Crippen molar-refractivity contribution in [3.63, 3.8) is 0 Å². The number of rotatable bonds is 5. The van der Waals surface area contributed by atoms with E-state index >= 15 is 0 Å². The SMILES string of the molecule is COc1ccc(Br)cc1CN(C)Cc1cc(=O)oc2c(C)c(O)ccc12. The van der Waals surface area contributed by atoms with Crippen LogP contribution in [0.5, 0.6) is 11.5 Å². The maximum absolute atomic E-state index is 12.0. The van der Waals surface area contributed by atoms with E-state index in [-0.39, 0.29) is 5.75 Å². The van der Waals surface area contributed by atoms with Gasteiger partial charge in [0.2, 0.25) is 0 Å². The van der Waals surface area contributed by atoms with E-state index in [2.05, 4.69) is 20.8 Å². The average Bonchev–Trinajstić information content (AvgIpc) is 2.58. The highest BCUT2D eigenvalue weighted by Gasteiger charge is 2.13. The molecule has 0 radical (unpaired) electrons. The van der Waals surface area contributed by atoms with Crippen LogP contribution in [-0.2, 0) is 13.1 Å². The first-order valence-electron chi connectivity index (χ1n) is 8.15. The molecule has 0 atom stereocenters. The van der Waals surface area contributed by atoms with E-state index in [1.54, 1.807) is 26.2 Å². The highest BCUT2D eigenvalue weighted by molar-refractivity contribution is 9.10. The van der Waals surface area contributed by atoms with Crippen LogP contribution < -0.4 is 10.4 Å². The Morgan fingerprint density at radius 3 is 2.62 bits per heavy atom. The van der Waals surface area contributed by atoms with Gasteiger partial charge in [0.1, 0.15) is 17.1 Å². The van der Waals surface area contributed by atoms with Gasteiger partial charge < -0.3 is 14.3 Å². The number of phenols is 1. The molecule has 0 amide bonds. The molecule has 0 bridgehead atoms. The van der Waals surface area contributed by atoms with Gasteiger partial charge in [0.15, 0.2) is 0 Å². The molecule has 3 rings (SSSR count). The molecule has 1 heterocycles. The van der Waals surface area contributed by atoms with E-state index in [9.17, 15) is 9.90 Å². The zero-order valence-corrected chi connectivity index (χ0v) is 16.5.